The van der Waals surface area contributed by atoms with Crippen molar-refractivity contribution in [3.05, 3.63) is 58.3 Å². The number of aryl methyl sites for hydroxylation is 1. The highest BCUT2D eigenvalue weighted by Crippen LogP contribution is 2.28. The lowest BCUT2D eigenvalue weighted by atomic mass is 10.2. The average Bonchev–Trinajstić information content (AvgIpc) is 2.37. The number of halogens is 2. The van der Waals surface area contributed by atoms with Gasteiger partial charge < -0.3 is 0 Å². The molecule has 0 radical (unpaired) electrons. The van der Waals surface area contributed by atoms with E-state index in [-0.39, 0.29) is 10.6 Å². The summed E-state index contributed by atoms with van der Waals surface area (Å²) < 4.78 is 39.9. The van der Waals surface area contributed by atoms with E-state index >= 15 is 0 Å². The van der Waals surface area contributed by atoms with E-state index in [4.69, 9.17) is 0 Å². The fraction of sp³-hybridized carbons (Fsp3) is 0.143. The van der Waals surface area contributed by atoms with Gasteiger partial charge in [-0.1, -0.05) is 12.1 Å². The highest BCUT2D eigenvalue weighted by molar-refractivity contribution is 9.10. The van der Waals surface area contributed by atoms with Crippen LogP contribution in [0.1, 0.15) is 5.56 Å². The third-order valence-corrected chi connectivity index (χ3v) is 5.66. The molecule has 0 aliphatic carbocycles. The molecule has 0 aliphatic rings. The SMILES string of the molecule is Cc1ccc(S(=O)(=O)N(C)c2cccc(F)c2)c(Br)c1. The van der Waals surface area contributed by atoms with E-state index in [1.165, 1.54) is 31.3 Å². The number of anilines is 1. The molecule has 0 fully saturated rings. The smallest absolute Gasteiger partial charge is 0.265 e. The van der Waals surface area contributed by atoms with Gasteiger partial charge in [0.2, 0.25) is 0 Å². The maximum atomic E-state index is 13.2. The van der Waals surface area contributed by atoms with Gasteiger partial charge in [0.25, 0.3) is 10.0 Å². The number of rotatable bonds is 3. The lowest BCUT2D eigenvalue weighted by Crippen LogP contribution is -2.26. The highest BCUT2D eigenvalue weighted by atomic mass is 79.9. The Morgan fingerprint density at radius 2 is 1.85 bits per heavy atom. The molecule has 0 spiro atoms. The van der Waals surface area contributed by atoms with E-state index in [0.717, 1.165) is 9.87 Å². The topological polar surface area (TPSA) is 37.4 Å². The fourth-order valence-electron chi connectivity index (χ4n) is 1.77. The van der Waals surface area contributed by atoms with Gasteiger partial charge in [-0.3, -0.25) is 4.31 Å². The molecule has 2 aromatic rings. The Labute approximate surface area is 126 Å². The average molecular weight is 358 g/mol. The molecular formula is C14H13BrFNO2S. The van der Waals surface area contributed by atoms with E-state index in [1.54, 1.807) is 18.2 Å². The summed E-state index contributed by atoms with van der Waals surface area (Å²) in [5.74, 6) is -0.479. The summed E-state index contributed by atoms with van der Waals surface area (Å²) in [6, 6.07) is 10.4. The molecule has 0 saturated heterocycles. The van der Waals surface area contributed by atoms with Crippen molar-refractivity contribution in [2.75, 3.05) is 11.4 Å². The van der Waals surface area contributed by atoms with Crippen molar-refractivity contribution in [1.29, 1.82) is 0 Å². The van der Waals surface area contributed by atoms with Gasteiger partial charge in [-0.2, -0.15) is 0 Å². The first-order valence-electron chi connectivity index (χ1n) is 5.83. The molecule has 2 aromatic carbocycles. The lowest BCUT2D eigenvalue weighted by molar-refractivity contribution is 0.593. The largest absolute Gasteiger partial charge is 0.269 e. The highest BCUT2D eigenvalue weighted by Gasteiger charge is 2.24. The van der Waals surface area contributed by atoms with Crippen LogP contribution in [0.2, 0.25) is 0 Å². The van der Waals surface area contributed by atoms with Crippen LogP contribution in [-0.4, -0.2) is 15.5 Å². The summed E-state index contributed by atoms with van der Waals surface area (Å²) in [7, 11) is -2.34. The molecule has 0 amide bonds. The first kappa shape index (κ1) is 15.0. The molecule has 106 valence electrons. The van der Waals surface area contributed by atoms with Crippen molar-refractivity contribution in [3.8, 4) is 0 Å². The van der Waals surface area contributed by atoms with Crippen molar-refractivity contribution in [2.45, 2.75) is 11.8 Å². The Bertz CT molecular complexity index is 747. The van der Waals surface area contributed by atoms with Gasteiger partial charge in [0.15, 0.2) is 0 Å². The van der Waals surface area contributed by atoms with E-state index in [2.05, 4.69) is 15.9 Å². The van der Waals surface area contributed by atoms with Crippen LogP contribution in [0.4, 0.5) is 10.1 Å². The molecule has 0 unspecified atom stereocenters. The third-order valence-electron chi connectivity index (χ3n) is 2.90. The molecule has 6 heteroatoms. The predicted molar refractivity (Wildman–Crippen MR) is 80.9 cm³/mol. The summed E-state index contributed by atoms with van der Waals surface area (Å²) in [6.07, 6.45) is 0. The maximum Gasteiger partial charge on any atom is 0.265 e. The first-order valence-corrected chi connectivity index (χ1v) is 8.06. The zero-order chi connectivity index (χ0) is 14.9. The van der Waals surface area contributed by atoms with E-state index < -0.39 is 15.8 Å². The maximum absolute atomic E-state index is 13.2. The molecule has 0 aromatic heterocycles. The van der Waals surface area contributed by atoms with Crippen LogP contribution in [0.3, 0.4) is 0 Å². The summed E-state index contributed by atoms with van der Waals surface area (Å²) in [4.78, 5) is 0.148. The van der Waals surface area contributed by atoms with E-state index in [9.17, 15) is 12.8 Å². The number of nitrogens with zero attached hydrogens (tertiary/aromatic N) is 1. The molecule has 0 bridgehead atoms. The molecule has 20 heavy (non-hydrogen) atoms. The Balaban J connectivity index is 2.49. The molecule has 3 nitrogen and oxygen atoms in total. The summed E-state index contributed by atoms with van der Waals surface area (Å²) in [6.45, 7) is 1.87. The minimum atomic E-state index is -3.74. The zero-order valence-corrected chi connectivity index (χ0v) is 13.4. The third kappa shape index (κ3) is 2.86. The second-order valence-electron chi connectivity index (χ2n) is 4.39. The van der Waals surface area contributed by atoms with Gasteiger partial charge in [0.1, 0.15) is 10.7 Å². The van der Waals surface area contributed by atoms with Crippen LogP contribution in [0.15, 0.2) is 51.8 Å². The standard InChI is InChI=1S/C14H13BrFNO2S/c1-10-6-7-14(13(15)8-10)20(18,19)17(2)12-5-3-4-11(16)9-12/h3-9H,1-2H3. The normalized spacial score (nSPS) is 11.4. The van der Waals surface area contributed by atoms with Gasteiger partial charge in [0.05, 0.1) is 5.69 Å². The molecule has 0 N–H and O–H groups in total. The Morgan fingerprint density at radius 3 is 2.45 bits per heavy atom. The number of hydrogen-bond acceptors (Lipinski definition) is 2. The number of sulfonamides is 1. The first-order chi connectivity index (χ1) is 9.32. The number of hydrogen-bond donors (Lipinski definition) is 0. The predicted octanol–water partition coefficient (Wildman–Crippen LogP) is 3.72. The van der Waals surface area contributed by atoms with Crippen molar-refractivity contribution in [1.82, 2.24) is 0 Å². The Morgan fingerprint density at radius 1 is 1.15 bits per heavy atom. The van der Waals surface area contributed by atoms with Gasteiger partial charge >= 0.3 is 0 Å². The monoisotopic (exact) mass is 357 g/mol. The van der Waals surface area contributed by atoms with Crippen LogP contribution < -0.4 is 4.31 Å². The zero-order valence-electron chi connectivity index (χ0n) is 11.0. The summed E-state index contributed by atoms with van der Waals surface area (Å²) >= 11 is 3.26. The van der Waals surface area contributed by atoms with Crippen LogP contribution in [0.5, 0.6) is 0 Å². The minimum absolute atomic E-state index is 0.148. The van der Waals surface area contributed by atoms with Gasteiger partial charge in [-0.15, -0.1) is 0 Å². The second kappa shape index (κ2) is 5.54. The molecule has 0 aliphatic heterocycles. The second-order valence-corrected chi connectivity index (χ2v) is 7.18. The van der Waals surface area contributed by atoms with Gasteiger partial charge in [-0.05, 0) is 58.7 Å². The van der Waals surface area contributed by atoms with Crippen LogP contribution in [-0.2, 0) is 10.0 Å². The van der Waals surface area contributed by atoms with Gasteiger partial charge in [-0.25, -0.2) is 12.8 Å². The summed E-state index contributed by atoms with van der Waals surface area (Å²) in [5, 5.41) is 0. The van der Waals surface area contributed by atoms with Crippen molar-refractivity contribution >= 4 is 31.6 Å². The molecule has 0 saturated carbocycles. The lowest BCUT2D eigenvalue weighted by Gasteiger charge is -2.20. The van der Waals surface area contributed by atoms with Crippen LogP contribution >= 0.6 is 15.9 Å². The summed E-state index contributed by atoms with van der Waals surface area (Å²) in [5.41, 5.74) is 1.22. The van der Waals surface area contributed by atoms with Crippen molar-refractivity contribution in [3.63, 3.8) is 0 Å². The molecule has 0 heterocycles. The van der Waals surface area contributed by atoms with E-state index in [0.29, 0.717) is 4.47 Å². The molecule has 2 rings (SSSR count). The number of benzene rings is 2. The quantitative estimate of drug-likeness (QED) is 0.839. The molecular weight excluding hydrogens is 345 g/mol. The van der Waals surface area contributed by atoms with Crippen molar-refractivity contribution in [2.24, 2.45) is 0 Å². The minimum Gasteiger partial charge on any atom is -0.269 e. The molecule has 0 atom stereocenters. The van der Waals surface area contributed by atoms with Crippen LogP contribution in [0.25, 0.3) is 0 Å². The van der Waals surface area contributed by atoms with Crippen LogP contribution in [0, 0.1) is 12.7 Å². The Kier molecular flexibility index (Phi) is 4.15. The fourth-order valence-corrected chi connectivity index (χ4v) is 4.11. The van der Waals surface area contributed by atoms with E-state index in [1.807, 2.05) is 6.92 Å². The van der Waals surface area contributed by atoms with Crippen molar-refractivity contribution < 1.29 is 12.8 Å². The Hall–Kier alpha value is -1.40. The van der Waals surface area contributed by atoms with Gasteiger partial charge in [0, 0.05) is 11.5 Å².